The van der Waals surface area contributed by atoms with E-state index in [0.29, 0.717) is 5.69 Å². The minimum atomic E-state index is -0.216. The first kappa shape index (κ1) is 23.9. The van der Waals surface area contributed by atoms with Gasteiger partial charge in [0.2, 0.25) is 0 Å². The lowest BCUT2D eigenvalue weighted by Crippen LogP contribution is -2.47. The summed E-state index contributed by atoms with van der Waals surface area (Å²) in [5.41, 5.74) is 11.8. The van der Waals surface area contributed by atoms with Gasteiger partial charge in [-0.1, -0.05) is 37.5 Å². The van der Waals surface area contributed by atoms with E-state index in [2.05, 4.69) is 49.5 Å². The third-order valence-corrected chi connectivity index (χ3v) is 7.94. The van der Waals surface area contributed by atoms with Crippen molar-refractivity contribution in [1.29, 1.82) is 0 Å². The van der Waals surface area contributed by atoms with Crippen molar-refractivity contribution < 1.29 is 4.39 Å². The molecule has 35 heavy (non-hydrogen) atoms. The van der Waals surface area contributed by atoms with Gasteiger partial charge >= 0.3 is 0 Å². The van der Waals surface area contributed by atoms with Gasteiger partial charge in [0, 0.05) is 56.2 Å². The smallest absolute Gasteiger partial charge is 0.184 e. The van der Waals surface area contributed by atoms with E-state index in [9.17, 15) is 0 Å². The number of rotatable bonds is 5. The highest BCUT2D eigenvalue weighted by atomic mass is 32.1. The molecule has 2 aromatic carbocycles. The number of hydrazone groups is 1. The molecule has 3 N–H and O–H groups in total. The summed E-state index contributed by atoms with van der Waals surface area (Å²) in [6, 6.07) is 14.1. The van der Waals surface area contributed by atoms with Crippen LogP contribution in [0.1, 0.15) is 37.7 Å². The molecule has 2 aliphatic heterocycles. The number of piperidine rings is 1. The maximum absolute atomic E-state index is 15.5. The molecule has 2 saturated heterocycles. The van der Waals surface area contributed by atoms with Crippen molar-refractivity contribution in [2.45, 2.75) is 32.1 Å². The summed E-state index contributed by atoms with van der Waals surface area (Å²) in [6.07, 6.45) is 8.17. The number of benzene rings is 2. The number of para-hydroxylation sites is 1. The molecule has 0 amide bonds. The molecule has 1 saturated carbocycles. The fraction of sp³-hybridized carbons (Fsp3) is 0.481. The minimum Gasteiger partial charge on any atom is -0.375 e. The van der Waals surface area contributed by atoms with Gasteiger partial charge in [-0.3, -0.25) is 5.43 Å². The van der Waals surface area contributed by atoms with Crippen molar-refractivity contribution in [1.82, 2.24) is 5.43 Å². The summed E-state index contributed by atoms with van der Waals surface area (Å²) in [7, 11) is 0. The van der Waals surface area contributed by atoms with Crippen LogP contribution in [0.3, 0.4) is 0 Å². The summed E-state index contributed by atoms with van der Waals surface area (Å²) >= 11 is 4.87. The Bertz CT molecular complexity index is 1050. The third kappa shape index (κ3) is 5.53. The molecule has 5 rings (SSSR count). The Kier molecular flexibility index (Phi) is 7.37. The fourth-order valence-corrected chi connectivity index (χ4v) is 6.07. The predicted molar refractivity (Wildman–Crippen MR) is 147 cm³/mol. The molecule has 2 atom stereocenters. The van der Waals surface area contributed by atoms with E-state index in [1.54, 1.807) is 12.3 Å². The van der Waals surface area contributed by atoms with Crippen LogP contribution in [0, 0.1) is 17.7 Å². The molecule has 0 spiro atoms. The highest BCUT2D eigenvalue weighted by molar-refractivity contribution is 7.80. The van der Waals surface area contributed by atoms with Gasteiger partial charge in [0.25, 0.3) is 0 Å². The molecule has 6 nitrogen and oxygen atoms in total. The zero-order valence-corrected chi connectivity index (χ0v) is 21.0. The minimum absolute atomic E-state index is 0.0965. The van der Waals surface area contributed by atoms with Crippen LogP contribution in [0.5, 0.6) is 0 Å². The molecular formula is C27H35FN6S. The van der Waals surface area contributed by atoms with Gasteiger partial charge < -0.3 is 20.4 Å². The molecule has 2 aromatic rings. The van der Waals surface area contributed by atoms with Crippen LogP contribution in [0.2, 0.25) is 0 Å². The molecule has 0 radical (unpaired) electrons. The SMILES string of the molecule is NC(=S)NN=Cc1cc(F)c(N2CCN(c3ccccc3)CC2)cc1N1CC[C@@H]2CCCC[C@@H]2C1. The lowest BCUT2D eigenvalue weighted by molar-refractivity contribution is 0.202. The van der Waals surface area contributed by atoms with E-state index in [4.69, 9.17) is 18.0 Å². The molecule has 3 fully saturated rings. The number of anilines is 3. The van der Waals surface area contributed by atoms with Crippen molar-refractivity contribution in [2.75, 3.05) is 54.0 Å². The highest BCUT2D eigenvalue weighted by Gasteiger charge is 2.32. The number of thiocarbonyl (C=S) groups is 1. The third-order valence-electron chi connectivity index (χ3n) is 7.85. The van der Waals surface area contributed by atoms with Crippen molar-refractivity contribution in [2.24, 2.45) is 22.7 Å². The van der Waals surface area contributed by atoms with Gasteiger partial charge in [-0.25, -0.2) is 4.39 Å². The van der Waals surface area contributed by atoms with Gasteiger partial charge in [-0.05, 0) is 61.2 Å². The average Bonchev–Trinajstić information content (AvgIpc) is 2.89. The number of nitrogens with one attached hydrogen (secondary N) is 1. The topological polar surface area (TPSA) is 60.1 Å². The first-order valence-electron chi connectivity index (χ1n) is 12.8. The maximum Gasteiger partial charge on any atom is 0.184 e. The van der Waals surface area contributed by atoms with Crippen LogP contribution in [-0.4, -0.2) is 50.6 Å². The molecule has 2 heterocycles. The summed E-state index contributed by atoms with van der Waals surface area (Å²) < 4.78 is 15.5. The number of nitrogens with zero attached hydrogens (tertiary/aromatic N) is 4. The number of fused-ring (bicyclic) bond motifs is 1. The normalized spacial score (nSPS) is 22.8. The van der Waals surface area contributed by atoms with Crippen molar-refractivity contribution in [3.05, 3.63) is 53.8 Å². The molecule has 1 aliphatic carbocycles. The largest absolute Gasteiger partial charge is 0.375 e. The van der Waals surface area contributed by atoms with Crippen LogP contribution in [0.25, 0.3) is 0 Å². The van der Waals surface area contributed by atoms with Crippen LogP contribution < -0.4 is 25.9 Å². The maximum atomic E-state index is 15.5. The second-order valence-electron chi connectivity index (χ2n) is 9.95. The number of nitrogens with two attached hydrogens (primary N) is 1. The average molecular weight is 495 g/mol. The van der Waals surface area contributed by atoms with E-state index in [1.807, 2.05) is 12.1 Å². The Morgan fingerprint density at radius 3 is 2.37 bits per heavy atom. The van der Waals surface area contributed by atoms with E-state index >= 15 is 4.39 Å². The zero-order chi connectivity index (χ0) is 24.2. The Labute approximate surface area is 213 Å². The standard InChI is InChI=1S/C27H35FN6S/c28-24-16-22(18-30-31-27(29)35)25(34-11-10-20-6-4-5-7-21(20)19-34)17-26(24)33-14-12-32(13-15-33)23-8-2-1-3-9-23/h1-3,8-9,16-18,20-21H,4-7,10-15,19H2,(H3,29,31,35)/t20-,21+/m0/s1. The van der Waals surface area contributed by atoms with Crippen LogP contribution >= 0.6 is 12.2 Å². The first-order chi connectivity index (χ1) is 17.1. The number of halogens is 1. The Hall–Kier alpha value is -2.87. The second-order valence-corrected chi connectivity index (χ2v) is 10.4. The summed E-state index contributed by atoms with van der Waals surface area (Å²) in [5.74, 6) is 1.34. The van der Waals surface area contributed by atoms with E-state index in [1.165, 1.54) is 37.8 Å². The van der Waals surface area contributed by atoms with E-state index in [-0.39, 0.29) is 10.9 Å². The molecule has 0 aromatic heterocycles. The molecular weight excluding hydrogens is 459 g/mol. The monoisotopic (exact) mass is 494 g/mol. The lowest BCUT2D eigenvalue weighted by Gasteiger charge is -2.43. The number of piperazine rings is 1. The lowest BCUT2D eigenvalue weighted by atomic mass is 9.75. The van der Waals surface area contributed by atoms with Gasteiger partial charge in [0.05, 0.1) is 11.9 Å². The molecule has 186 valence electrons. The van der Waals surface area contributed by atoms with Crippen LogP contribution in [0.4, 0.5) is 21.5 Å². The van der Waals surface area contributed by atoms with Gasteiger partial charge in [0.1, 0.15) is 5.82 Å². The quantitative estimate of drug-likeness (QED) is 0.367. The van der Waals surface area contributed by atoms with E-state index in [0.717, 1.165) is 62.4 Å². The Balaban J connectivity index is 1.38. The molecule has 3 aliphatic rings. The van der Waals surface area contributed by atoms with E-state index < -0.39 is 0 Å². The van der Waals surface area contributed by atoms with Gasteiger partial charge in [-0.15, -0.1) is 0 Å². The second kappa shape index (κ2) is 10.8. The Morgan fingerprint density at radius 2 is 1.63 bits per heavy atom. The summed E-state index contributed by atoms with van der Waals surface area (Å²) in [6.45, 7) is 5.33. The van der Waals surface area contributed by atoms with Crippen molar-refractivity contribution in [3.8, 4) is 0 Å². The molecule has 0 bridgehead atoms. The van der Waals surface area contributed by atoms with Crippen LogP contribution in [0.15, 0.2) is 47.6 Å². The molecule has 8 heteroatoms. The van der Waals surface area contributed by atoms with Gasteiger partial charge in [0.15, 0.2) is 5.11 Å². The summed E-state index contributed by atoms with van der Waals surface area (Å²) in [5, 5.41) is 4.25. The summed E-state index contributed by atoms with van der Waals surface area (Å²) in [4.78, 5) is 6.99. The highest BCUT2D eigenvalue weighted by Crippen LogP contribution is 2.39. The van der Waals surface area contributed by atoms with Crippen LogP contribution in [-0.2, 0) is 0 Å². The van der Waals surface area contributed by atoms with Crippen molar-refractivity contribution in [3.63, 3.8) is 0 Å². The zero-order valence-electron chi connectivity index (χ0n) is 20.2. The number of hydrogen-bond acceptors (Lipinski definition) is 5. The first-order valence-corrected chi connectivity index (χ1v) is 13.2. The van der Waals surface area contributed by atoms with Crippen molar-refractivity contribution >= 4 is 40.6 Å². The van der Waals surface area contributed by atoms with Gasteiger partial charge in [-0.2, -0.15) is 5.10 Å². The molecule has 0 unspecified atom stereocenters. The number of hydrogen-bond donors (Lipinski definition) is 2. The predicted octanol–water partition coefficient (Wildman–Crippen LogP) is 4.34. The fourth-order valence-electron chi connectivity index (χ4n) is 6.02. The Morgan fingerprint density at radius 1 is 0.914 bits per heavy atom.